The zero-order valence-corrected chi connectivity index (χ0v) is 19.9. The fourth-order valence-corrected chi connectivity index (χ4v) is 6.18. The standard InChI is InChI=1S/C23H29FN4O4S/c1-14-11-25-15(2)22(27-14)20-10-17(24)8-16-9-19(32-23(16)20)12-26-21(29)4-6-28(3)18-5-7-33(30,31)13-18/h8,10-11,18-19H,4-7,9,12-13H2,1-3H3,(H,26,29)/t18-,19-/m0/s1. The van der Waals surface area contributed by atoms with E-state index in [0.29, 0.717) is 48.6 Å². The summed E-state index contributed by atoms with van der Waals surface area (Å²) >= 11 is 0. The molecule has 2 aromatic rings. The Morgan fingerprint density at radius 3 is 2.85 bits per heavy atom. The van der Waals surface area contributed by atoms with Gasteiger partial charge in [-0.1, -0.05) is 0 Å². The largest absolute Gasteiger partial charge is 0.487 e. The van der Waals surface area contributed by atoms with Gasteiger partial charge in [-0.15, -0.1) is 0 Å². The molecule has 0 unspecified atom stereocenters. The minimum atomic E-state index is -2.95. The van der Waals surface area contributed by atoms with Crippen LogP contribution in [0.25, 0.3) is 11.3 Å². The number of hydrogen-bond acceptors (Lipinski definition) is 7. The first-order chi connectivity index (χ1) is 15.6. The minimum absolute atomic E-state index is 0.0306. The molecule has 0 saturated carbocycles. The van der Waals surface area contributed by atoms with Crippen molar-refractivity contribution in [2.24, 2.45) is 0 Å². The van der Waals surface area contributed by atoms with Gasteiger partial charge in [-0.2, -0.15) is 0 Å². The molecule has 0 bridgehead atoms. The number of halogens is 1. The number of sulfone groups is 1. The van der Waals surface area contributed by atoms with Crippen molar-refractivity contribution in [3.05, 3.63) is 41.1 Å². The van der Waals surface area contributed by atoms with Crippen molar-refractivity contribution in [2.75, 3.05) is 31.6 Å². The van der Waals surface area contributed by atoms with Crippen molar-refractivity contribution < 1.29 is 22.3 Å². The normalized spacial score (nSPS) is 21.1. The summed E-state index contributed by atoms with van der Waals surface area (Å²) in [6.45, 7) is 4.44. The topological polar surface area (TPSA) is 101 Å². The van der Waals surface area contributed by atoms with Gasteiger partial charge in [-0.3, -0.25) is 9.78 Å². The molecule has 4 rings (SSSR count). The van der Waals surface area contributed by atoms with E-state index in [2.05, 4.69) is 15.3 Å². The third kappa shape index (κ3) is 5.50. The number of hydrogen-bond donors (Lipinski definition) is 1. The third-order valence-electron chi connectivity index (χ3n) is 6.24. The van der Waals surface area contributed by atoms with Gasteiger partial charge in [0.2, 0.25) is 5.91 Å². The molecular weight excluding hydrogens is 447 g/mol. The summed E-state index contributed by atoms with van der Waals surface area (Å²) in [4.78, 5) is 23.1. The van der Waals surface area contributed by atoms with Crippen molar-refractivity contribution in [3.8, 4) is 17.0 Å². The number of carbonyl (C=O) groups is 1. The van der Waals surface area contributed by atoms with Crippen molar-refractivity contribution in [1.29, 1.82) is 0 Å². The highest BCUT2D eigenvalue weighted by Crippen LogP contribution is 2.39. The van der Waals surface area contributed by atoms with Crippen LogP contribution in [0.5, 0.6) is 5.75 Å². The maximum atomic E-state index is 14.3. The number of benzene rings is 1. The van der Waals surface area contributed by atoms with Gasteiger partial charge in [-0.25, -0.2) is 17.8 Å². The molecule has 8 nitrogen and oxygen atoms in total. The maximum absolute atomic E-state index is 14.3. The van der Waals surface area contributed by atoms with Crippen LogP contribution in [0.1, 0.15) is 29.8 Å². The van der Waals surface area contributed by atoms with Gasteiger partial charge < -0.3 is 15.0 Å². The van der Waals surface area contributed by atoms with E-state index in [-0.39, 0.29) is 41.8 Å². The van der Waals surface area contributed by atoms with Gasteiger partial charge in [0.25, 0.3) is 0 Å². The molecule has 2 aliphatic rings. The van der Waals surface area contributed by atoms with E-state index < -0.39 is 9.84 Å². The van der Waals surface area contributed by atoms with E-state index in [1.54, 1.807) is 6.20 Å². The van der Waals surface area contributed by atoms with Gasteiger partial charge >= 0.3 is 0 Å². The molecule has 0 radical (unpaired) electrons. The molecule has 1 amide bonds. The van der Waals surface area contributed by atoms with Crippen molar-refractivity contribution >= 4 is 15.7 Å². The van der Waals surface area contributed by atoms with E-state index in [9.17, 15) is 17.6 Å². The Balaban J connectivity index is 1.34. The van der Waals surface area contributed by atoms with E-state index >= 15 is 0 Å². The zero-order valence-electron chi connectivity index (χ0n) is 19.1. The average Bonchev–Trinajstić information content (AvgIpc) is 3.34. The Kier molecular flexibility index (Phi) is 6.67. The van der Waals surface area contributed by atoms with Gasteiger partial charge in [0, 0.05) is 42.8 Å². The van der Waals surface area contributed by atoms with Crippen LogP contribution in [0.15, 0.2) is 18.3 Å². The third-order valence-corrected chi connectivity index (χ3v) is 7.99. The first-order valence-electron chi connectivity index (χ1n) is 11.1. The summed E-state index contributed by atoms with van der Waals surface area (Å²) in [5.74, 6) is 0.457. The van der Waals surface area contributed by atoms with Crippen LogP contribution in [-0.2, 0) is 21.1 Å². The van der Waals surface area contributed by atoms with Gasteiger partial charge in [0.1, 0.15) is 17.7 Å². The maximum Gasteiger partial charge on any atom is 0.221 e. The minimum Gasteiger partial charge on any atom is -0.487 e. The Labute approximate surface area is 193 Å². The van der Waals surface area contributed by atoms with Crippen LogP contribution < -0.4 is 10.1 Å². The molecule has 33 heavy (non-hydrogen) atoms. The lowest BCUT2D eigenvalue weighted by molar-refractivity contribution is -0.121. The molecule has 1 N–H and O–H groups in total. The van der Waals surface area contributed by atoms with Crippen LogP contribution in [0, 0.1) is 19.7 Å². The predicted molar refractivity (Wildman–Crippen MR) is 122 cm³/mol. The fraction of sp³-hybridized carbons (Fsp3) is 0.522. The van der Waals surface area contributed by atoms with E-state index in [1.165, 1.54) is 12.1 Å². The SMILES string of the molecule is Cc1cnc(C)c(-c2cc(F)cc3c2O[C@H](CNC(=O)CCN(C)[C@H]2CCS(=O)(=O)C2)C3)n1. The van der Waals surface area contributed by atoms with Gasteiger partial charge in [0.05, 0.1) is 35.1 Å². The molecule has 3 heterocycles. The number of nitrogens with one attached hydrogen (secondary N) is 1. The molecule has 1 saturated heterocycles. The lowest BCUT2D eigenvalue weighted by Gasteiger charge is -2.22. The van der Waals surface area contributed by atoms with E-state index in [0.717, 1.165) is 11.3 Å². The number of rotatable bonds is 7. The molecule has 2 atom stereocenters. The molecule has 0 aliphatic carbocycles. The Morgan fingerprint density at radius 1 is 1.33 bits per heavy atom. The molecule has 1 fully saturated rings. The van der Waals surface area contributed by atoms with Crippen molar-refractivity contribution in [3.63, 3.8) is 0 Å². The first kappa shape index (κ1) is 23.6. The fourth-order valence-electron chi connectivity index (χ4n) is 4.38. The summed E-state index contributed by atoms with van der Waals surface area (Å²) in [6.07, 6.45) is 2.72. The van der Waals surface area contributed by atoms with Crippen LogP contribution in [0.4, 0.5) is 4.39 Å². The highest BCUT2D eigenvalue weighted by Gasteiger charge is 2.31. The monoisotopic (exact) mass is 476 g/mol. The van der Waals surface area contributed by atoms with Crippen LogP contribution in [0.3, 0.4) is 0 Å². The highest BCUT2D eigenvalue weighted by molar-refractivity contribution is 7.91. The summed E-state index contributed by atoms with van der Waals surface area (Å²) in [5, 5.41) is 2.89. The number of aryl methyl sites for hydroxylation is 2. The number of aromatic nitrogens is 2. The Bertz CT molecular complexity index is 1170. The first-order valence-corrected chi connectivity index (χ1v) is 12.9. The second-order valence-corrected chi connectivity index (χ2v) is 11.2. The number of nitrogens with zero attached hydrogens (tertiary/aromatic N) is 3. The summed E-state index contributed by atoms with van der Waals surface area (Å²) in [6, 6.07) is 2.84. The quantitative estimate of drug-likeness (QED) is 0.651. The summed E-state index contributed by atoms with van der Waals surface area (Å²) in [5.41, 5.74) is 3.32. The molecular formula is C23H29FN4O4S. The Morgan fingerprint density at radius 2 is 2.12 bits per heavy atom. The van der Waals surface area contributed by atoms with Crippen molar-refractivity contribution in [1.82, 2.24) is 20.2 Å². The second-order valence-electron chi connectivity index (χ2n) is 8.92. The molecule has 2 aliphatic heterocycles. The van der Waals surface area contributed by atoms with E-state index in [1.807, 2.05) is 25.8 Å². The summed E-state index contributed by atoms with van der Waals surface area (Å²) < 4.78 is 43.7. The molecule has 178 valence electrons. The number of amides is 1. The van der Waals surface area contributed by atoms with Gasteiger partial charge in [-0.05, 0) is 39.4 Å². The molecule has 1 aromatic carbocycles. The van der Waals surface area contributed by atoms with Crippen LogP contribution >= 0.6 is 0 Å². The smallest absolute Gasteiger partial charge is 0.221 e. The number of ether oxygens (including phenoxy) is 1. The average molecular weight is 477 g/mol. The number of carbonyl (C=O) groups excluding carboxylic acids is 1. The van der Waals surface area contributed by atoms with Crippen LogP contribution in [-0.4, -0.2) is 73.0 Å². The highest BCUT2D eigenvalue weighted by atomic mass is 32.2. The van der Waals surface area contributed by atoms with Crippen LogP contribution in [0.2, 0.25) is 0 Å². The van der Waals surface area contributed by atoms with E-state index in [4.69, 9.17) is 4.74 Å². The molecule has 10 heteroatoms. The zero-order chi connectivity index (χ0) is 23.8. The number of fused-ring (bicyclic) bond motifs is 1. The lowest BCUT2D eigenvalue weighted by Crippen LogP contribution is -2.38. The predicted octanol–water partition coefficient (Wildman–Crippen LogP) is 1.83. The molecule has 0 spiro atoms. The second kappa shape index (κ2) is 9.34. The molecule has 1 aromatic heterocycles. The van der Waals surface area contributed by atoms with Crippen molar-refractivity contribution in [2.45, 2.75) is 45.3 Å². The van der Waals surface area contributed by atoms with Gasteiger partial charge in [0.15, 0.2) is 9.84 Å². The summed E-state index contributed by atoms with van der Waals surface area (Å²) in [7, 11) is -1.10. The lowest BCUT2D eigenvalue weighted by atomic mass is 10.0. The Hall–Kier alpha value is -2.59.